The number of likely N-dealkylation sites (tertiary alicyclic amines) is 1. The minimum Gasteiger partial charge on any atom is -0.396 e. The van der Waals surface area contributed by atoms with E-state index in [1.165, 1.54) is 22.3 Å². The third kappa shape index (κ3) is 3.90. The fourth-order valence-electron chi connectivity index (χ4n) is 5.81. The van der Waals surface area contributed by atoms with E-state index in [-0.39, 0.29) is 18.6 Å². The zero-order valence-electron chi connectivity index (χ0n) is 18.9. The Morgan fingerprint density at radius 3 is 1.52 bits per heavy atom. The van der Waals surface area contributed by atoms with Gasteiger partial charge in [-0.25, -0.2) is 0 Å². The molecular formula is C31H31NO. The molecule has 1 aliphatic rings. The van der Waals surface area contributed by atoms with Crippen LogP contribution in [0.1, 0.15) is 41.0 Å². The molecular weight excluding hydrogens is 402 g/mol. The first-order valence-electron chi connectivity index (χ1n) is 11.9. The predicted molar refractivity (Wildman–Crippen MR) is 135 cm³/mol. The molecule has 33 heavy (non-hydrogen) atoms. The number of aliphatic hydroxyl groups is 1. The van der Waals surface area contributed by atoms with Crippen molar-refractivity contribution >= 4 is 0 Å². The van der Waals surface area contributed by atoms with Crippen LogP contribution in [0, 0.1) is 0 Å². The van der Waals surface area contributed by atoms with Gasteiger partial charge in [-0.1, -0.05) is 121 Å². The highest BCUT2D eigenvalue weighted by Gasteiger charge is 2.48. The first-order valence-corrected chi connectivity index (χ1v) is 11.9. The first-order chi connectivity index (χ1) is 16.4. The molecule has 1 aliphatic heterocycles. The Balaban J connectivity index is 1.75. The fourth-order valence-corrected chi connectivity index (χ4v) is 5.81. The molecule has 1 heterocycles. The molecule has 166 valence electrons. The second kappa shape index (κ2) is 9.74. The minimum atomic E-state index is -0.437. The van der Waals surface area contributed by atoms with Gasteiger partial charge in [0, 0.05) is 18.5 Å². The Morgan fingerprint density at radius 1 is 0.667 bits per heavy atom. The molecule has 0 saturated carbocycles. The van der Waals surface area contributed by atoms with Crippen LogP contribution < -0.4 is 0 Å². The average molecular weight is 434 g/mol. The lowest BCUT2D eigenvalue weighted by atomic mass is 9.74. The molecule has 1 fully saturated rings. The van der Waals surface area contributed by atoms with Crippen LogP contribution in [0.15, 0.2) is 121 Å². The Morgan fingerprint density at radius 2 is 1.09 bits per heavy atom. The lowest BCUT2D eigenvalue weighted by molar-refractivity contribution is 0.100. The molecule has 0 radical (unpaired) electrons. The zero-order valence-corrected chi connectivity index (χ0v) is 18.9. The Kier molecular flexibility index (Phi) is 6.39. The van der Waals surface area contributed by atoms with E-state index in [4.69, 9.17) is 0 Å². The monoisotopic (exact) mass is 433 g/mol. The Hall–Kier alpha value is -3.20. The summed E-state index contributed by atoms with van der Waals surface area (Å²) in [5.74, 6) is 0.0595. The number of nitrogens with zero attached hydrogens (tertiary/aromatic N) is 1. The summed E-state index contributed by atoms with van der Waals surface area (Å²) >= 11 is 0. The first kappa shape index (κ1) is 21.6. The number of benzene rings is 4. The summed E-state index contributed by atoms with van der Waals surface area (Å²) in [5.41, 5.74) is 4.56. The van der Waals surface area contributed by atoms with Gasteiger partial charge in [-0.2, -0.15) is 0 Å². The zero-order chi connectivity index (χ0) is 22.5. The van der Waals surface area contributed by atoms with Gasteiger partial charge in [-0.15, -0.1) is 0 Å². The predicted octanol–water partition coefficient (Wildman–Crippen LogP) is 6.22. The molecule has 1 N–H and O–H groups in total. The second-order valence-corrected chi connectivity index (χ2v) is 8.91. The molecule has 0 spiro atoms. The summed E-state index contributed by atoms with van der Waals surface area (Å²) in [6.45, 7) is 1.12. The molecule has 4 aromatic rings. The lowest BCUT2D eigenvalue weighted by Crippen LogP contribution is -2.52. The van der Waals surface area contributed by atoms with E-state index in [1.807, 2.05) is 6.07 Å². The minimum absolute atomic E-state index is 0.0595. The van der Waals surface area contributed by atoms with E-state index in [1.54, 1.807) is 0 Å². The Bertz CT molecular complexity index is 1030. The SMILES string of the molecule is OC[C@H](c1ccccc1)[C@@H]1CCCN1C(c1ccccc1)(c1ccccc1)c1ccccc1. The van der Waals surface area contributed by atoms with E-state index in [9.17, 15) is 5.11 Å². The Labute approximate surface area is 197 Å². The van der Waals surface area contributed by atoms with Gasteiger partial charge in [-0.3, -0.25) is 4.90 Å². The summed E-state index contributed by atoms with van der Waals surface area (Å²) in [7, 11) is 0. The maximum atomic E-state index is 10.6. The van der Waals surface area contributed by atoms with Gasteiger partial charge in [0.1, 0.15) is 0 Å². The smallest absolute Gasteiger partial charge is 0.0975 e. The fraction of sp³-hybridized carbons (Fsp3) is 0.226. The van der Waals surface area contributed by atoms with Crippen molar-refractivity contribution in [2.45, 2.75) is 30.3 Å². The van der Waals surface area contributed by atoms with Gasteiger partial charge in [0.05, 0.1) is 12.1 Å². The molecule has 0 bridgehead atoms. The number of hydrogen-bond acceptors (Lipinski definition) is 2. The van der Waals surface area contributed by atoms with E-state index in [0.29, 0.717) is 0 Å². The number of aliphatic hydroxyl groups excluding tert-OH is 1. The molecule has 0 amide bonds. The summed E-state index contributed by atoms with van der Waals surface area (Å²) in [6.07, 6.45) is 2.18. The van der Waals surface area contributed by atoms with E-state index in [2.05, 4.69) is 120 Å². The van der Waals surface area contributed by atoms with Gasteiger partial charge in [-0.05, 0) is 35.1 Å². The summed E-state index contributed by atoms with van der Waals surface area (Å²) in [4.78, 5) is 2.67. The standard InChI is InChI=1S/C31H31NO/c33-24-29(25-14-5-1-6-15-25)30-22-13-23-32(30)31(26-16-7-2-8-17-26,27-18-9-3-10-19-27)28-20-11-4-12-21-28/h1-12,14-21,29-30,33H,13,22-24H2/t29-,30+/m1/s1. The summed E-state index contributed by atoms with van der Waals surface area (Å²) in [5, 5.41) is 10.6. The van der Waals surface area contributed by atoms with Crippen LogP contribution in [0.4, 0.5) is 0 Å². The highest BCUT2D eigenvalue weighted by molar-refractivity contribution is 5.50. The summed E-state index contributed by atoms with van der Waals surface area (Å²) < 4.78 is 0. The van der Waals surface area contributed by atoms with E-state index < -0.39 is 5.54 Å². The molecule has 2 nitrogen and oxygen atoms in total. The van der Waals surface area contributed by atoms with Gasteiger partial charge < -0.3 is 5.11 Å². The van der Waals surface area contributed by atoms with Crippen LogP contribution in [-0.2, 0) is 5.54 Å². The number of hydrogen-bond donors (Lipinski definition) is 1. The van der Waals surface area contributed by atoms with Crippen molar-refractivity contribution in [3.63, 3.8) is 0 Å². The van der Waals surface area contributed by atoms with Crippen molar-refractivity contribution in [1.82, 2.24) is 4.90 Å². The number of rotatable bonds is 7. The van der Waals surface area contributed by atoms with Crippen molar-refractivity contribution in [2.75, 3.05) is 13.2 Å². The van der Waals surface area contributed by atoms with Gasteiger partial charge >= 0.3 is 0 Å². The molecule has 0 aliphatic carbocycles. The maximum absolute atomic E-state index is 10.6. The lowest BCUT2D eigenvalue weighted by Gasteiger charge is -2.48. The van der Waals surface area contributed by atoms with Crippen LogP contribution in [0.3, 0.4) is 0 Å². The molecule has 4 aromatic carbocycles. The average Bonchev–Trinajstić information content (AvgIpc) is 3.37. The van der Waals surface area contributed by atoms with Crippen molar-refractivity contribution in [3.8, 4) is 0 Å². The van der Waals surface area contributed by atoms with Gasteiger partial charge in [0.25, 0.3) is 0 Å². The molecule has 2 atom stereocenters. The normalized spacial score (nSPS) is 17.7. The highest BCUT2D eigenvalue weighted by atomic mass is 16.3. The van der Waals surface area contributed by atoms with Gasteiger partial charge in [0.2, 0.25) is 0 Å². The van der Waals surface area contributed by atoms with E-state index in [0.717, 1.165) is 19.4 Å². The van der Waals surface area contributed by atoms with Crippen LogP contribution >= 0.6 is 0 Å². The summed E-state index contributed by atoms with van der Waals surface area (Å²) in [6, 6.07) is 43.4. The van der Waals surface area contributed by atoms with E-state index >= 15 is 0 Å². The highest BCUT2D eigenvalue weighted by Crippen LogP contribution is 2.48. The van der Waals surface area contributed by atoms with Crippen molar-refractivity contribution in [2.24, 2.45) is 0 Å². The topological polar surface area (TPSA) is 23.5 Å². The van der Waals surface area contributed by atoms with Gasteiger partial charge in [0.15, 0.2) is 0 Å². The molecule has 0 unspecified atom stereocenters. The van der Waals surface area contributed by atoms with Crippen molar-refractivity contribution in [3.05, 3.63) is 144 Å². The van der Waals surface area contributed by atoms with Crippen LogP contribution in [0.5, 0.6) is 0 Å². The van der Waals surface area contributed by atoms with Crippen LogP contribution in [0.2, 0.25) is 0 Å². The third-order valence-electron chi connectivity index (χ3n) is 7.19. The van der Waals surface area contributed by atoms with Crippen LogP contribution in [0.25, 0.3) is 0 Å². The molecule has 2 heteroatoms. The van der Waals surface area contributed by atoms with Crippen LogP contribution in [-0.4, -0.2) is 29.2 Å². The molecule has 5 rings (SSSR count). The second-order valence-electron chi connectivity index (χ2n) is 8.91. The van der Waals surface area contributed by atoms with Crippen molar-refractivity contribution in [1.29, 1.82) is 0 Å². The molecule has 0 aromatic heterocycles. The largest absolute Gasteiger partial charge is 0.396 e. The third-order valence-corrected chi connectivity index (χ3v) is 7.19. The molecule has 1 saturated heterocycles. The van der Waals surface area contributed by atoms with Crippen molar-refractivity contribution < 1.29 is 5.11 Å². The quantitative estimate of drug-likeness (QED) is 0.350. The maximum Gasteiger partial charge on any atom is 0.0975 e.